The molecule has 424 valence electrons. The molecule has 2 aromatic carbocycles. The molecule has 0 unspecified atom stereocenters. The molecule has 0 N–H and O–H groups in total. The van der Waals surface area contributed by atoms with Crippen molar-refractivity contribution in [3.63, 3.8) is 0 Å². The van der Waals surface area contributed by atoms with E-state index in [1.54, 1.807) is 28.7 Å². The Bertz CT molecular complexity index is 3560. The third kappa shape index (κ3) is 14.1. The molecular weight excluding hydrogens is 1050 g/mol. The van der Waals surface area contributed by atoms with Gasteiger partial charge in [0.2, 0.25) is 6.86 Å². The average molecular weight is 1130 g/mol. The van der Waals surface area contributed by atoms with Crippen LogP contribution in [0.2, 0.25) is 0 Å². The highest BCUT2D eigenvalue weighted by atomic mass is 32.2. The SMILES string of the molecule is CC.COCCOc1ccc(-c2ccc3c(CCC(C)(C)N4CCS(=O)(=O)CC4)cn(-c4cnn(C)c4)c3n2)cc1.Cn1cc(-n2cc(CCC(C)(C)N3CCS(=O)(=O)CC3)c3ccc(-c4ccc(OCF)c(F)c4)nc32)cn1. The molecule has 6 aromatic heterocycles. The summed E-state index contributed by atoms with van der Waals surface area (Å²) in [5.74, 6) is 0.876. The van der Waals surface area contributed by atoms with E-state index in [-0.39, 0.29) is 39.8 Å². The van der Waals surface area contributed by atoms with E-state index >= 15 is 0 Å². The van der Waals surface area contributed by atoms with Crippen molar-refractivity contribution in [1.29, 1.82) is 0 Å². The van der Waals surface area contributed by atoms with Gasteiger partial charge in [-0.25, -0.2) is 35.6 Å². The van der Waals surface area contributed by atoms with E-state index < -0.39 is 32.4 Å². The molecule has 0 amide bonds. The fourth-order valence-electron chi connectivity index (χ4n) is 10.2. The Morgan fingerprint density at radius 3 is 1.47 bits per heavy atom. The molecule has 8 heterocycles. The maximum atomic E-state index is 14.4. The minimum absolute atomic E-state index is 0.112. The van der Waals surface area contributed by atoms with E-state index in [1.165, 1.54) is 17.7 Å². The van der Waals surface area contributed by atoms with E-state index in [1.807, 2.05) is 87.5 Å². The Morgan fingerprint density at radius 1 is 0.595 bits per heavy atom. The molecular formula is C58H74F2N10O7S2. The lowest BCUT2D eigenvalue weighted by Gasteiger charge is -2.41. The van der Waals surface area contributed by atoms with Crippen molar-refractivity contribution in [2.24, 2.45) is 14.1 Å². The second-order valence-electron chi connectivity index (χ2n) is 21.1. The summed E-state index contributed by atoms with van der Waals surface area (Å²) in [6.07, 6.45) is 15.1. The van der Waals surface area contributed by atoms with Crippen LogP contribution in [-0.2, 0) is 51.3 Å². The van der Waals surface area contributed by atoms with Gasteiger partial charge >= 0.3 is 0 Å². The van der Waals surface area contributed by atoms with Crippen LogP contribution in [0.4, 0.5) is 8.78 Å². The largest absolute Gasteiger partial charge is 0.491 e. The third-order valence-corrected chi connectivity index (χ3v) is 18.2. The van der Waals surface area contributed by atoms with Gasteiger partial charge in [0.05, 0.1) is 64.8 Å². The number of halogens is 2. The van der Waals surface area contributed by atoms with Gasteiger partial charge < -0.3 is 14.2 Å². The molecule has 0 atom stereocenters. The smallest absolute Gasteiger partial charge is 0.228 e. The van der Waals surface area contributed by atoms with Crippen LogP contribution in [0.1, 0.15) is 65.5 Å². The quantitative estimate of drug-likeness (QED) is 0.0745. The molecule has 2 fully saturated rings. The standard InChI is InChI=1S/C29H37N5O4S.C27H31F2N5O3S.C2H6/c1-29(2,33-13-17-39(35,36)18-14-33)12-11-23-20-34(24-19-30-32(3)21-24)28-26(23)9-10-27(31-28)22-5-7-25(8-6-22)38-16-15-37-4;1-27(2,33-10-12-38(35,36)13-11-33)9-8-20-16-34(21-15-30-32(3)17-21)26-22(20)5-6-24(31-26)19-4-7-25(37-18-28)23(29)14-19;1-2/h5-10,19-21H,11-18H2,1-4H3;4-7,14-17H,8-13,18H2,1-3H3;1-2H3. The first-order valence-electron chi connectivity index (χ1n) is 26.8. The number of hydrogen-bond acceptors (Lipinski definition) is 13. The number of aromatic nitrogens is 8. The van der Waals surface area contributed by atoms with Crippen LogP contribution in [0.5, 0.6) is 11.5 Å². The number of alkyl halides is 1. The number of ether oxygens (including phenoxy) is 3. The topological polar surface area (TPSA) is 174 Å². The lowest BCUT2D eigenvalue weighted by molar-refractivity contribution is 0.123. The van der Waals surface area contributed by atoms with Gasteiger partial charge in [0, 0.05) is 105 Å². The van der Waals surface area contributed by atoms with Crippen molar-refractivity contribution in [1.82, 2.24) is 48.5 Å². The maximum absolute atomic E-state index is 14.4. The van der Waals surface area contributed by atoms with Crippen molar-refractivity contribution in [2.45, 2.75) is 78.3 Å². The van der Waals surface area contributed by atoms with Crippen molar-refractivity contribution in [3.8, 4) is 45.4 Å². The van der Waals surface area contributed by atoms with E-state index in [0.29, 0.717) is 50.7 Å². The lowest BCUT2D eigenvalue weighted by Crippen LogP contribution is -2.51. The number of hydrogen-bond donors (Lipinski definition) is 0. The molecule has 0 bridgehead atoms. The van der Waals surface area contributed by atoms with Crippen molar-refractivity contribution < 1.29 is 39.8 Å². The first-order chi connectivity index (χ1) is 37.7. The predicted octanol–water partition coefficient (Wildman–Crippen LogP) is 9.23. The van der Waals surface area contributed by atoms with Crippen LogP contribution in [0.3, 0.4) is 0 Å². The first kappa shape index (κ1) is 58.6. The minimum Gasteiger partial charge on any atom is -0.491 e. The van der Waals surface area contributed by atoms with Crippen LogP contribution in [-0.4, -0.2) is 153 Å². The molecule has 0 radical (unpaired) electrons. The summed E-state index contributed by atoms with van der Waals surface area (Å²) in [5, 5.41) is 10.8. The number of nitrogens with zero attached hydrogens (tertiary/aromatic N) is 10. The summed E-state index contributed by atoms with van der Waals surface area (Å²) in [6.45, 7) is 15.0. The predicted molar refractivity (Wildman–Crippen MR) is 307 cm³/mol. The normalized spacial score (nSPS) is 15.8. The molecule has 2 saturated heterocycles. The summed E-state index contributed by atoms with van der Waals surface area (Å²) in [6, 6.07) is 20.4. The highest BCUT2D eigenvalue weighted by Crippen LogP contribution is 2.34. The number of aryl methyl sites for hydroxylation is 4. The summed E-state index contributed by atoms with van der Waals surface area (Å²) in [5.41, 5.74) is 8.48. The fourth-order valence-corrected chi connectivity index (χ4v) is 12.6. The van der Waals surface area contributed by atoms with Crippen molar-refractivity contribution >= 4 is 41.7 Å². The second-order valence-corrected chi connectivity index (χ2v) is 25.7. The molecule has 10 rings (SSSR count). The number of benzene rings is 2. The molecule has 2 aliphatic heterocycles. The highest BCUT2D eigenvalue weighted by Gasteiger charge is 2.34. The Hall–Kier alpha value is -6.52. The second kappa shape index (κ2) is 24.9. The number of fused-ring (bicyclic) bond motifs is 2. The number of methoxy groups -OCH3 is 1. The number of sulfone groups is 2. The summed E-state index contributed by atoms with van der Waals surface area (Å²) in [4.78, 5) is 14.6. The van der Waals surface area contributed by atoms with Gasteiger partial charge in [0.25, 0.3) is 0 Å². The van der Waals surface area contributed by atoms with Crippen LogP contribution in [0.15, 0.2) is 104 Å². The Balaban J connectivity index is 0.000000202. The molecule has 0 aliphatic carbocycles. The molecule has 8 aromatic rings. The van der Waals surface area contributed by atoms with Crippen LogP contribution >= 0.6 is 0 Å². The minimum atomic E-state index is -2.94. The monoisotopic (exact) mass is 1120 g/mol. The van der Waals surface area contributed by atoms with Crippen LogP contribution in [0.25, 0.3) is 56.0 Å². The van der Waals surface area contributed by atoms with Crippen molar-refractivity contribution in [2.75, 3.05) is 76.4 Å². The van der Waals surface area contributed by atoms with E-state index in [9.17, 15) is 25.6 Å². The van der Waals surface area contributed by atoms with Gasteiger partial charge in [-0.15, -0.1) is 0 Å². The maximum Gasteiger partial charge on any atom is 0.228 e. The van der Waals surface area contributed by atoms with E-state index in [0.717, 1.165) is 81.7 Å². The lowest BCUT2D eigenvalue weighted by atomic mass is 9.93. The zero-order chi connectivity index (χ0) is 56.7. The fraction of sp³-hybridized carbons (Fsp3) is 0.448. The summed E-state index contributed by atoms with van der Waals surface area (Å²) < 4.78 is 97.6. The van der Waals surface area contributed by atoms with E-state index in [2.05, 4.69) is 81.5 Å². The van der Waals surface area contributed by atoms with Gasteiger partial charge in [-0.3, -0.25) is 28.3 Å². The third-order valence-electron chi connectivity index (χ3n) is 15.0. The number of rotatable bonds is 18. The summed E-state index contributed by atoms with van der Waals surface area (Å²) >= 11 is 0. The molecule has 0 saturated carbocycles. The Labute approximate surface area is 463 Å². The van der Waals surface area contributed by atoms with Crippen molar-refractivity contribution in [3.05, 3.63) is 121 Å². The van der Waals surface area contributed by atoms with Gasteiger partial charge in [0.15, 0.2) is 31.2 Å². The molecule has 0 spiro atoms. The summed E-state index contributed by atoms with van der Waals surface area (Å²) in [7, 11) is -0.432. The zero-order valence-electron chi connectivity index (χ0n) is 46.8. The average Bonchev–Trinajstić information content (AvgIpc) is 4.31. The van der Waals surface area contributed by atoms with Crippen LogP contribution < -0.4 is 9.47 Å². The number of pyridine rings is 2. The Kier molecular flexibility index (Phi) is 18.5. The molecule has 21 heteroatoms. The highest BCUT2D eigenvalue weighted by molar-refractivity contribution is 7.91. The molecule has 2 aliphatic rings. The van der Waals surface area contributed by atoms with Gasteiger partial charge in [0.1, 0.15) is 23.7 Å². The van der Waals surface area contributed by atoms with Gasteiger partial charge in [-0.1, -0.05) is 13.8 Å². The van der Waals surface area contributed by atoms with Gasteiger partial charge in [-0.05, 0) is 131 Å². The first-order valence-corrected chi connectivity index (χ1v) is 30.5. The van der Waals surface area contributed by atoms with E-state index in [4.69, 9.17) is 19.4 Å². The molecule has 79 heavy (non-hydrogen) atoms. The molecule has 17 nitrogen and oxygen atoms in total. The van der Waals surface area contributed by atoms with Gasteiger partial charge in [-0.2, -0.15) is 10.2 Å². The zero-order valence-corrected chi connectivity index (χ0v) is 48.5. The Morgan fingerprint density at radius 2 is 1.05 bits per heavy atom. The van der Waals surface area contributed by atoms with Crippen LogP contribution in [0, 0.1) is 5.82 Å².